The maximum atomic E-state index is 4.28. The van der Waals surface area contributed by atoms with E-state index < -0.39 is 0 Å². The Bertz CT molecular complexity index is 435. The van der Waals surface area contributed by atoms with Crippen LogP contribution in [-0.2, 0) is 6.54 Å². The number of thiophene rings is 1. The molecule has 0 spiro atoms. The molecule has 0 aliphatic heterocycles. The Labute approximate surface area is 156 Å². The maximum absolute atomic E-state index is 4.28. The standard InChI is InChI=1S/C16H30N4S.HI/c1-12(2)20(13(3)4)10-9-18-16(17-6)19-11-15-8-7-14(5)21-15;/h7-8,12-13H,9-11H2,1-6H3,(H2,17,18,19);1H. The van der Waals surface area contributed by atoms with Gasteiger partial charge in [0.2, 0.25) is 0 Å². The van der Waals surface area contributed by atoms with Crippen LogP contribution in [0.2, 0.25) is 0 Å². The van der Waals surface area contributed by atoms with E-state index in [1.54, 1.807) is 0 Å². The van der Waals surface area contributed by atoms with Gasteiger partial charge >= 0.3 is 0 Å². The second kappa shape index (κ2) is 11.2. The second-order valence-corrected chi connectivity index (χ2v) is 7.16. The van der Waals surface area contributed by atoms with Crippen LogP contribution < -0.4 is 10.6 Å². The predicted molar refractivity (Wildman–Crippen MR) is 110 cm³/mol. The molecule has 22 heavy (non-hydrogen) atoms. The van der Waals surface area contributed by atoms with Crippen molar-refractivity contribution >= 4 is 41.3 Å². The highest BCUT2D eigenvalue weighted by atomic mass is 127. The van der Waals surface area contributed by atoms with Crippen LogP contribution >= 0.6 is 35.3 Å². The third-order valence-electron chi connectivity index (χ3n) is 3.44. The molecular weight excluding hydrogens is 407 g/mol. The molecule has 1 aromatic rings. The molecule has 0 fully saturated rings. The first-order valence-electron chi connectivity index (χ1n) is 7.69. The van der Waals surface area contributed by atoms with Crippen molar-refractivity contribution in [3.05, 3.63) is 21.9 Å². The van der Waals surface area contributed by atoms with Gasteiger partial charge in [-0.2, -0.15) is 0 Å². The zero-order valence-electron chi connectivity index (χ0n) is 14.6. The van der Waals surface area contributed by atoms with Crippen LogP contribution in [0, 0.1) is 6.92 Å². The minimum atomic E-state index is 0. The lowest BCUT2D eigenvalue weighted by Crippen LogP contribution is -2.45. The van der Waals surface area contributed by atoms with Gasteiger partial charge in [-0.15, -0.1) is 35.3 Å². The Kier molecular flexibility index (Phi) is 11.1. The fraction of sp³-hybridized carbons (Fsp3) is 0.688. The molecule has 0 bridgehead atoms. The van der Waals surface area contributed by atoms with E-state index in [2.05, 4.69) is 67.3 Å². The number of hydrogen-bond acceptors (Lipinski definition) is 3. The summed E-state index contributed by atoms with van der Waals surface area (Å²) < 4.78 is 0. The van der Waals surface area contributed by atoms with Gasteiger partial charge < -0.3 is 10.6 Å². The molecule has 0 aliphatic carbocycles. The van der Waals surface area contributed by atoms with Crippen molar-refractivity contribution in [3.8, 4) is 0 Å². The van der Waals surface area contributed by atoms with Gasteiger partial charge in [0.05, 0.1) is 6.54 Å². The number of aryl methyl sites for hydroxylation is 1. The van der Waals surface area contributed by atoms with E-state index >= 15 is 0 Å². The quantitative estimate of drug-likeness (QED) is 0.389. The van der Waals surface area contributed by atoms with Gasteiger partial charge in [-0.25, -0.2) is 0 Å². The van der Waals surface area contributed by atoms with Crippen LogP contribution in [0.25, 0.3) is 0 Å². The molecule has 0 saturated heterocycles. The summed E-state index contributed by atoms with van der Waals surface area (Å²) in [5.74, 6) is 0.869. The number of nitrogens with one attached hydrogen (secondary N) is 2. The smallest absolute Gasteiger partial charge is 0.191 e. The zero-order chi connectivity index (χ0) is 15.8. The topological polar surface area (TPSA) is 39.7 Å². The highest BCUT2D eigenvalue weighted by molar-refractivity contribution is 14.0. The van der Waals surface area contributed by atoms with Crippen LogP contribution in [0.5, 0.6) is 0 Å². The first-order chi connectivity index (χ1) is 9.93. The molecular formula is C16H31IN4S. The minimum absolute atomic E-state index is 0. The maximum Gasteiger partial charge on any atom is 0.191 e. The Morgan fingerprint density at radius 2 is 1.82 bits per heavy atom. The van der Waals surface area contributed by atoms with Gasteiger partial charge in [-0.1, -0.05) is 0 Å². The average Bonchev–Trinajstić information content (AvgIpc) is 2.82. The summed E-state index contributed by atoms with van der Waals surface area (Å²) in [4.78, 5) is 9.43. The van der Waals surface area contributed by atoms with Gasteiger partial charge in [-0.3, -0.25) is 9.89 Å². The molecule has 0 aromatic carbocycles. The lowest BCUT2D eigenvalue weighted by atomic mass is 10.2. The van der Waals surface area contributed by atoms with E-state index in [0.717, 1.165) is 25.6 Å². The number of rotatable bonds is 7. The summed E-state index contributed by atoms with van der Waals surface area (Å²) >= 11 is 1.82. The Morgan fingerprint density at radius 1 is 1.18 bits per heavy atom. The molecule has 1 aromatic heterocycles. The monoisotopic (exact) mass is 438 g/mol. The number of nitrogens with zero attached hydrogens (tertiary/aromatic N) is 2. The third-order valence-corrected chi connectivity index (χ3v) is 4.44. The summed E-state index contributed by atoms with van der Waals surface area (Å²) in [7, 11) is 1.82. The van der Waals surface area contributed by atoms with Crippen LogP contribution in [0.15, 0.2) is 17.1 Å². The highest BCUT2D eigenvalue weighted by Gasteiger charge is 2.12. The van der Waals surface area contributed by atoms with E-state index in [4.69, 9.17) is 0 Å². The highest BCUT2D eigenvalue weighted by Crippen LogP contribution is 2.14. The van der Waals surface area contributed by atoms with Crippen LogP contribution in [0.3, 0.4) is 0 Å². The number of guanidine groups is 1. The number of aliphatic imine (C=N–C) groups is 1. The fourth-order valence-electron chi connectivity index (χ4n) is 2.39. The lowest BCUT2D eigenvalue weighted by Gasteiger charge is -2.30. The van der Waals surface area contributed by atoms with Crippen molar-refractivity contribution < 1.29 is 0 Å². The van der Waals surface area contributed by atoms with Gasteiger partial charge in [0.15, 0.2) is 5.96 Å². The minimum Gasteiger partial charge on any atom is -0.355 e. The van der Waals surface area contributed by atoms with Gasteiger partial charge in [0.25, 0.3) is 0 Å². The molecule has 1 heterocycles. The van der Waals surface area contributed by atoms with Gasteiger partial charge in [0, 0.05) is 42.0 Å². The molecule has 0 amide bonds. The van der Waals surface area contributed by atoms with Crippen molar-refractivity contribution in [2.45, 2.75) is 53.2 Å². The lowest BCUT2D eigenvalue weighted by molar-refractivity contribution is 0.178. The Hall–Kier alpha value is -0.340. The molecule has 0 unspecified atom stereocenters. The van der Waals surface area contributed by atoms with Crippen molar-refractivity contribution in [2.24, 2.45) is 4.99 Å². The van der Waals surface area contributed by atoms with Crippen LogP contribution in [0.1, 0.15) is 37.4 Å². The van der Waals surface area contributed by atoms with Crippen LogP contribution in [-0.4, -0.2) is 43.1 Å². The SMILES string of the molecule is CN=C(NCCN(C(C)C)C(C)C)NCc1ccc(C)s1.I. The summed E-state index contributed by atoms with van der Waals surface area (Å²) in [6.07, 6.45) is 0. The van der Waals surface area contributed by atoms with E-state index in [1.165, 1.54) is 9.75 Å². The molecule has 2 N–H and O–H groups in total. The molecule has 0 saturated carbocycles. The summed E-state index contributed by atoms with van der Waals surface area (Å²) in [5, 5.41) is 6.75. The summed E-state index contributed by atoms with van der Waals surface area (Å²) in [5.41, 5.74) is 0. The Morgan fingerprint density at radius 3 is 2.27 bits per heavy atom. The van der Waals surface area contributed by atoms with Gasteiger partial charge in [0.1, 0.15) is 0 Å². The normalized spacial score (nSPS) is 12.0. The zero-order valence-corrected chi connectivity index (χ0v) is 17.8. The van der Waals surface area contributed by atoms with Crippen molar-refractivity contribution in [2.75, 3.05) is 20.1 Å². The molecule has 0 atom stereocenters. The van der Waals surface area contributed by atoms with Crippen molar-refractivity contribution in [1.82, 2.24) is 15.5 Å². The molecule has 1 rings (SSSR count). The average molecular weight is 438 g/mol. The second-order valence-electron chi connectivity index (χ2n) is 5.79. The number of halogens is 1. The molecule has 0 aliphatic rings. The van der Waals surface area contributed by atoms with E-state index in [1.807, 2.05) is 18.4 Å². The molecule has 6 heteroatoms. The summed E-state index contributed by atoms with van der Waals surface area (Å²) in [6.45, 7) is 13.9. The van der Waals surface area contributed by atoms with Crippen molar-refractivity contribution in [3.63, 3.8) is 0 Å². The van der Waals surface area contributed by atoms with E-state index in [0.29, 0.717) is 12.1 Å². The number of hydrogen-bond donors (Lipinski definition) is 2. The molecule has 4 nitrogen and oxygen atoms in total. The predicted octanol–water partition coefficient (Wildman–Crippen LogP) is 3.46. The van der Waals surface area contributed by atoms with E-state index in [9.17, 15) is 0 Å². The fourth-order valence-corrected chi connectivity index (χ4v) is 3.22. The largest absolute Gasteiger partial charge is 0.355 e. The molecule has 0 radical (unpaired) electrons. The molecule has 128 valence electrons. The first-order valence-corrected chi connectivity index (χ1v) is 8.51. The van der Waals surface area contributed by atoms with Crippen LogP contribution in [0.4, 0.5) is 0 Å². The van der Waals surface area contributed by atoms with Crippen molar-refractivity contribution in [1.29, 1.82) is 0 Å². The summed E-state index contributed by atoms with van der Waals surface area (Å²) in [6, 6.07) is 5.45. The van der Waals surface area contributed by atoms with E-state index in [-0.39, 0.29) is 24.0 Å². The first kappa shape index (κ1) is 21.7. The third kappa shape index (κ3) is 7.78. The Balaban J connectivity index is 0.00000441. The van der Waals surface area contributed by atoms with Gasteiger partial charge in [-0.05, 0) is 46.8 Å².